The Bertz CT molecular complexity index is 7200. The van der Waals surface area contributed by atoms with Gasteiger partial charge in [-0.3, -0.25) is 19.9 Å². The van der Waals surface area contributed by atoms with Crippen LogP contribution in [0.25, 0.3) is 178 Å². The van der Waals surface area contributed by atoms with Crippen molar-refractivity contribution in [2.75, 3.05) is 0 Å². The van der Waals surface area contributed by atoms with Crippen LogP contribution in [-0.2, 0) is 0 Å². The van der Waals surface area contributed by atoms with Gasteiger partial charge in [0.15, 0.2) is 11.3 Å². The summed E-state index contributed by atoms with van der Waals surface area (Å²) in [7, 11) is 0. The molecule has 0 bridgehead atoms. The molecule has 0 spiro atoms. The highest BCUT2D eigenvalue weighted by Gasteiger charge is 2.18. The third-order valence-corrected chi connectivity index (χ3v) is 20.3. The minimum atomic E-state index is 0.207. The predicted molar refractivity (Wildman–Crippen MR) is 493 cm³/mol. The topological polar surface area (TPSA) is 232 Å². The van der Waals surface area contributed by atoms with Crippen LogP contribution in [0, 0.1) is 0 Å². The van der Waals surface area contributed by atoms with Crippen molar-refractivity contribution in [3.63, 3.8) is 0 Å². The molecule has 122 heavy (non-hydrogen) atoms. The summed E-state index contributed by atoms with van der Waals surface area (Å²) >= 11 is 36.0. The summed E-state index contributed by atoms with van der Waals surface area (Å²) in [5.74, 6) is 0. The van der Waals surface area contributed by atoms with Gasteiger partial charge in [-0.2, -0.15) is 9.97 Å². The van der Waals surface area contributed by atoms with Crippen molar-refractivity contribution in [3.05, 3.63) is 396 Å². The number of nitrogens with zero attached hydrogens (tertiary/aromatic N) is 18. The Labute approximate surface area is 727 Å². The number of aromatic nitrogens is 18. The second-order valence-electron chi connectivity index (χ2n) is 27.0. The standard InChI is InChI=1S/2C19H12ClN3.2C17H10ClN3.2C13H8ClN3/c20-19-22-16-7-4-12-21-18(16)17(23-19)15-10-8-14(9-11-15)13-5-2-1-3-6-13;20-19-22-17(16-7-4-12-21-18(16)23-19)15-10-8-14(9-11-15)13-5-2-1-3-6-13;18-17-20-14-9-4-10-19-16(14)15(21-17)13-8-3-6-11-5-1-2-7-12(11)13;18-17-20-14-6-3-9-19-16(14)15(21-17)13-8-7-11-4-1-2-5-12(11)10-13;14-13-16-10-7-4-8-15-12(10)11(17-13)9-5-2-1-3-6-9;14-13-16-11(9-5-2-1-3-6-9)10-7-4-8-15-12(10)17-13/h2*1-12H;2*1-10H;2*1-8H. The number of hydrogen-bond acceptors (Lipinski definition) is 18. The molecule has 12 aromatic heterocycles. The zero-order chi connectivity index (χ0) is 83.1. The van der Waals surface area contributed by atoms with Crippen LogP contribution < -0.4 is 0 Å². The van der Waals surface area contributed by atoms with Gasteiger partial charge in [-0.25, -0.2) is 59.8 Å². The lowest BCUT2D eigenvalue weighted by Gasteiger charge is -2.08. The smallest absolute Gasteiger partial charge is 0.225 e. The number of halogens is 6. The maximum Gasteiger partial charge on any atom is 0.225 e. The van der Waals surface area contributed by atoms with E-state index < -0.39 is 0 Å². The largest absolute Gasteiger partial charge is 0.252 e. The van der Waals surface area contributed by atoms with Gasteiger partial charge in [0.2, 0.25) is 31.7 Å². The number of rotatable bonds is 8. The molecule has 0 aliphatic heterocycles. The fraction of sp³-hybridized carbons (Fsp3) is 0. The lowest BCUT2D eigenvalue weighted by atomic mass is 10.0. The molecule has 0 radical (unpaired) electrons. The molecule has 0 saturated carbocycles. The summed E-state index contributed by atoms with van der Waals surface area (Å²) < 4.78 is 0. The van der Waals surface area contributed by atoms with Crippen molar-refractivity contribution in [2.24, 2.45) is 0 Å². The minimum Gasteiger partial charge on any atom is -0.252 e. The molecule has 12 heterocycles. The Morgan fingerprint density at radius 3 is 0.885 bits per heavy atom. The maximum absolute atomic E-state index is 6.07. The van der Waals surface area contributed by atoms with E-state index in [1.807, 2.05) is 237 Å². The molecule has 22 rings (SSSR count). The van der Waals surface area contributed by atoms with E-state index in [9.17, 15) is 0 Å². The maximum atomic E-state index is 6.07. The second kappa shape index (κ2) is 37.6. The highest BCUT2D eigenvalue weighted by molar-refractivity contribution is 6.31. The zero-order valence-electron chi connectivity index (χ0n) is 64.0. The molecule has 0 N–H and O–H groups in total. The van der Waals surface area contributed by atoms with Crippen molar-refractivity contribution < 1.29 is 0 Å². The predicted octanol–water partition coefficient (Wildman–Crippen LogP) is 25.7. The van der Waals surface area contributed by atoms with Crippen LogP contribution in [0.2, 0.25) is 31.7 Å². The molecule has 0 aliphatic carbocycles. The van der Waals surface area contributed by atoms with Gasteiger partial charge < -0.3 is 0 Å². The van der Waals surface area contributed by atoms with Gasteiger partial charge in [0.05, 0.1) is 33.5 Å². The first-order valence-electron chi connectivity index (χ1n) is 38.0. The normalized spacial score (nSPS) is 10.9. The van der Waals surface area contributed by atoms with Gasteiger partial charge in [0.1, 0.15) is 44.8 Å². The van der Waals surface area contributed by atoms with Crippen LogP contribution in [0.4, 0.5) is 0 Å². The Morgan fingerprint density at radius 2 is 0.443 bits per heavy atom. The van der Waals surface area contributed by atoms with E-state index in [0.29, 0.717) is 11.3 Å². The third kappa shape index (κ3) is 18.6. The molecule has 0 unspecified atom stereocenters. The molecule has 22 aromatic rings. The summed E-state index contributed by atoms with van der Waals surface area (Å²) in [6, 6.07) is 108. The van der Waals surface area contributed by atoms with Crippen molar-refractivity contribution in [1.82, 2.24) is 89.7 Å². The van der Waals surface area contributed by atoms with Gasteiger partial charge in [-0.05, 0) is 192 Å². The average molecular weight is 1700 g/mol. The van der Waals surface area contributed by atoms with Gasteiger partial charge in [0, 0.05) is 81.3 Å². The fourth-order valence-electron chi connectivity index (χ4n) is 13.7. The molecule has 10 aromatic carbocycles. The molecule has 0 aliphatic rings. The molecule has 0 amide bonds. The Hall–Kier alpha value is -14.6. The lowest BCUT2D eigenvalue weighted by molar-refractivity contribution is 1.18. The molecular formula is C98H60Cl6N18. The van der Waals surface area contributed by atoms with Crippen molar-refractivity contribution >= 4 is 157 Å². The van der Waals surface area contributed by atoms with E-state index >= 15 is 0 Å². The van der Waals surface area contributed by atoms with Gasteiger partial charge in [-0.15, -0.1) is 0 Å². The van der Waals surface area contributed by atoms with E-state index in [1.165, 1.54) is 16.5 Å². The first-order valence-corrected chi connectivity index (χ1v) is 40.3. The van der Waals surface area contributed by atoms with Crippen LogP contribution in [0.15, 0.2) is 365 Å². The average Bonchev–Trinajstić information content (AvgIpc) is 0.754. The van der Waals surface area contributed by atoms with E-state index in [1.54, 1.807) is 37.2 Å². The summed E-state index contributed by atoms with van der Waals surface area (Å²) in [6.45, 7) is 0. The number of hydrogen-bond donors (Lipinski definition) is 0. The minimum absolute atomic E-state index is 0.207. The highest BCUT2D eigenvalue weighted by atomic mass is 35.5. The number of fused-ring (bicyclic) bond motifs is 8. The zero-order valence-corrected chi connectivity index (χ0v) is 68.5. The summed E-state index contributed by atoms with van der Waals surface area (Å²) in [4.78, 5) is 77.2. The Kier molecular flexibility index (Phi) is 24.6. The summed E-state index contributed by atoms with van der Waals surface area (Å²) in [6.07, 6.45) is 10.3. The van der Waals surface area contributed by atoms with Crippen LogP contribution in [0.5, 0.6) is 0 Å². The molecule has 18 nitrogen and oxygen atoms in total. The summed E-state index contributed by atoms with van der Waals surface area (Å²) in [5.41, 5.74) is 22.6. The summed E-state index contributed by atoms with van der Waals surface area (Å²) in [5, 5.41) is 7.80. The van der Waals surface area contributed by atoms with Gasteiger partial charge in [0.25, 0.3) is 0 Å². The van der Waals surface area contributed by atoms with Crippen molar-refractivity contribution in [3.8, 4) is 89.8 Å². The molecule has 0 fully saturated rings. The highest BCUT2D eigenvalue weighted by Crippen LogP contribution is 2.36. The van der Waals surface area contributed by atoms with Crippen molar-refractivity contribution in [2.45, 2.75) is 0 Å². The molecule has 0 saturated heterocycles. The quantitative estimate of drug-likeness (QED) is 0.129. The van der Waals surface area contributed by atoms with Crippen LogP contribution in [0.3, 0.4) is 0 Å². The van der Waals surface area contributed by atoms with Crippen LogP contribution >= 0.6 is 69.6 Å². The third-order valence-electron chi connectivity index (χ3n) is 19.3. The molecular weight excluding hydrogens is 1640 g/mol. The van der Waals surface area contributed by atoms with E-state index in [0.717, 1.165) is 150 Å². The van der Waals surface area contributed by atoms with Gasteiger partial charge in [-0.1, -0.05) is 249 Å². The van der Waals surface area contributed by atoms with E-state index in [4.69, 9.17) is 69.6 Å². The number of pyridine rings is 6. The Balaban J connectivity index is 0.000000104. The van der Waals surface area contributed by atoms with Gasteiger partial charge >= 0.3 is 0 Å². The number of benzene rings is 10. The molecule has 584 valence electrons. The first kappa shape index (κ1) is 79.8. The van der Waals surface area contributed by atoms with Crippen LogP contribution in [0.1, 0.15) is 0 Å². The monoisotopic (exact) mass is 1700 g/mol. The van der Waals surface area contributed by atoms with E-state index in [2.05, 4.69) is 181 Å². The second-order valence-corrected chi connectivity index (χ2v) is 29.0. The van der Waals surface area contributed by atoms with E-state index in [-0.39, 0.29) is 31.7 Å². The van der Waals surface area contributed by atoms with Crippen molar-refractivity contribution in [1.29, 1.82) is 0 Å². The SMILES string of the molecule is Clc1nc(-c2ccc(-c3ccccc3)cc2)c2cccnc2n1.Clc1nc(-c2ccc(-c3ccccc3)cc2)c2ncccc2n1.Clc1nc(-c2ccc3ccccc3c2)c2ncccc2n1.Clc1nc(-c2cccc3ccccc23)c2ncccc2n1.Clc1nc(-c2ccccc2)c2cccnc2n1.Clc1nc(-c2ccccc2)c2ncccc2n1. The Morgan fingerprint density at radius 1 is 0.164 bits per heavy atom. The lowest BCUT2D eigenvalue weighted by Crippen LogP contribution is -1.93. The first-order chi connectivity index (χ1) is 59.9. The molecule has 24 heteroatoms. The molecule has 0 atom stereocenters. The fourth-order valence-corrected chi connectivity index (χ4v) is 14.8. The van der Waals surface area contributed by atoms with Crippen LogP contribution in [-0.4, -0.2) is 89.7 Å².